The van der Waals surface area contributed by atoms with Crippen LogP contribution >= 0.6 is 11.6 Å². The molecule has 0 aromatic heterocycles. The van der Waals surface area contributed by atoms with Crippen molar-refractivity contribution in [1.29, 1.82) is 0 Å². The van der Waals surface area contributed by atoms with Crippen molar-refractivity contribution < 1.29 is 28.7 Å². The van der Waals surface area contributed by atoms with Crippen LogP contribution in [-0.2, 0) is 19.2 Å². The Balaban J connectivity index is 1.31. The van der Waals surface area contributed by atoms with Crippen molar-refractivity contribution in [3.8, 4) is 5.75 Å². The lowest BCUT2D eigenvalue weighted by atomic mass is 9.51. The average Bonchev–Trinajstić information content (AvgIpc) is 3.43. The summed E-state index contributed by atoms with van der Waals surface area (Å²) in [6.45, 7) is 1.74. The molecule has 8 rings (SSSR count). The van der Waals surface area contributed by atoms with Crippen LogP contribution in [0.5, 0.6) is 5.75 Å². The fourth-order valence-electron chi connectivity index (χ4n) is 8.57. The number of aromatic hydroxyl groups is 1. The maximum absolute atomic E-state index is 14.6. The molecule has 0 bridgehead atoms. The highest BCUT2D eigenvalue weighted by molar-refractivity contribution is 6.32. The minimum absolute atomic E-state index is 0.00462. The normalized spacial score (nSPS) is 28.8. The van der Waals surface area contributed by atoms with Gasteiger partial charge in [-0.05, 0) is 61.4 Å². The van der Waals surface area contributed by atoms with Gasteiger partial charge >= 0.3 is 0 Å². The van der Waals surface area contributed by atoms with Gasteiger partial charge in [0.1, 0.15) is 11.6 Å². The molecule has 1 N–H and O–H groups in total. The second-order valence-electron chi connectivity index (χ2n) is 12.8. The van der Waals surface area contributed by atoms with Crippen LogP contribution in [0, 0.1) is 34.9 Å². The molecule has 2 aliphatic carbocycles. The van der Waals surface area contributed by atoms with Crippen molar-refractivity contribution in [2.75, 3.05) is 9.80 Å². The van der Waals surface area contributed by atoms with Gasteiger partial charge in [-0.25, -0.2) is 9.29 Å². The SMILES string of the molecule is C[C@@]12C(=O)N(c3ccc(F)c(Cl)c3)C(=O)[C@@H]1C[C@@H]1C(=CC[C@@H]3C(=O)N(c4ccccc4)C(=O)[C@@H]31)[C@@H]2c1ccc2ccccc2c1O. The minimum Gasteiger partial charge on any atom is -0.507 e. The first kappa shape index (κ1) is 28.6. The zero-order valence-corrected chi connectivity index (χ0v) is 25.4. The fraction of sp³-hybridized carbons (Fsp3) is 0.243. The van der Waals surface area contributed by atoms with E-state index in [9.17, 15) is 28.7 Å². The Labute approximate surface area is 268 Å². The lowest BCUT2D eigenvalue weighted by Crippen LogP contribution is -2.48. The monoisotopic (exact) mass is 634 g/mol. The van der Waals surface area contributed by atoms with Crippen LogP contribution in [-0.4, -0.2) is 28.7 Å². The van der Waals surface area contributed by atoms with Crippen molar-refractivity contribution in [2.45, 2.75) is 25.7 Å². The molecular weight excluding hydrogens is 607 g/mol. The molecule has 230 valence electrons. The highest BCUT2D eigenvalue weighted by Gasteiger charge is 2.68. The third kappa shape index (κ3) is 3.76. The minimum atomic E-state index is -1.36. The Morgan fingerprint density at radius 3 is 2.33 bits per heavy atom. The number of imide groups is 2. The van der Waals surface area contributed by atoms with E-state index in [4.69, 9.17) is 11.6 Å². The summed E-state index contributed by atoms with van der Waals surface area (Å²) in [4.78, 5) is 59.2. The number of fused-ring (bicyclic) bond motifs is 5. The zero-order chi connectivity index (χ0) is 32.1. The third-order valence-corrected chi connectivity index (χ3v) is 11.0. The molecule has 2 aliphatic heterocycles. The van der Waals surface area contributed by atoms with Crippen molar-refractivity contribution in [3.05, 3.63) is 113 Å². The smallest absolute Gasteiger partial charge is 0.241 e. The van der Waals surface area contributed by atoms with Crippen LogP contribution in [0.4, 0.5) is 15.8 Å². The lowest BCUT2D eigenvalue weighted by Gasteiger charge is -2.49. The highest BCUT2D eigenvalue weighted by atomic mass is 35.5. The third-order valence-electron chi connectivity index (χ3n) is 10.7. The summed E-state index contributed by atoms with van der Waals surface area (Å²) in [5, 5.41) is 13.0. The summed E-state index contributed by atoms with van der Waals surface area (Å²) >= 11 is 6.09. The van der Waals surface area contributed by atoms with E-state index in [1.165, 1.54) is 17.0 Å². The number of halogens is 2. The van der Waals surface area contributed by atoms with Crippen molar-refractivity contribution in [2.24, 2.45) is 29.1 Å². The molecule has 0 unspecified atom stereocenters. The molecule has 2 heterocycles. The standard InChI is InChI=1S/C37H28ClFN2O5/c1-37-27(34(44)41(36(37)46)21-12-16-29(39)28(38)17-21)18-26-23(31(37)25-13-11-19-7-5-6-10-22(19)32(25)42)14-15-24-30(26)35(45)40(33(24)43)20-8-3-2-4-9-20/h2-14,16-17,24,26-27,30-31,42H,15,18H2,1H3/t24-,26+,27-,30-,31+,37+/m0/s1. The molecule has 1 saturated carbocycles. The molecule has 4 aliphatic rings. The Morgan fingerprint density at radius 2 is 1.57 bits per heavy atom. The maximum Gasteiger partial charge on any atom is 0.241 e. The number of phenolic OH excluding ortho intramolecular Hbond substituents is 1. The van der Waals surface area contributed by atoms with Crippen LogP contribution in [0.3, 0.4) is 0 Å². The number of allylic oxidation sites excluding steroid dienone is 2. The first-order chi connectivity index (χ1) is 22.1. The first-order valence-corrected chi connectivity index (χ1v) is 15.7. The molecule has 7 nitrogen and oxygen atoms in total. The summed E-state index contributed by atoms with van der Waals surface area (Å²) in [7, 11) is 0. The fourth-order valence-corrected chi connectivity index (χ4v) is 8.74. The molecule has 4 amide bonds. The Morgan fingerprint density at radius 1 is 0.826 bits per heavy atom. The maximum atomic E-state index is 14.6. The van der Waals surface area contributed by atoms with E-state index in [1.807, 2.05) is 36.4 Å². The van der Waals surface area contributed by atoms with Crippen LogP contribution in [0.2, 0.25) is 5.02 Å². The molecule has 9 heteroatoms. The number of phenols is 1. The second-order valence-corrected chi connectivity index (χ2v) is 13.2. The molecule has 3 fully saturated rings. The van der Waals surface area contributed by atoms with Crippen LogP contribution in [0.1, 0.15) is 31.2 Å². The number of benzene rings is 4. The first-order valence-electron chi connectivity index (χ1n) is 15.3. The van der Waals surface area contributed by atoms with Gasteiger partial charge in [0.05, 0.1) is 39.6 Å². The molecule has 6 atom stereocenters. The average molecular weight is 635 g/mol. The van der Waals surface area contributed by atoms with Gasteiger partial charge in [0.15, 0.2) is 0 Å². The molecule has 4 aromatic rings. The molecule has 0 radical (unpaired) electrons. The molecule has 46 heavy (non-hydrogen) atoms. The Hall–Kier alpha value is -4.82. The van der Waals surface area contributed by atoms with Crippen LogP contribution in [0.25, 0.3) is 10.8 Å². The van der Waals surface area contributed by atoms with E-state index in [-0.39, 0.29) is 41.1 Å². The van der Waals surface area contributed by atoms with E-state index < -0.39 is 52.6 Å². The number of para-hydroxylation sites is 1. The second kappa shape index (κ2) is 10.1. The number of hydrogen-bond acceptors (Lipinski definition) is 5. The van der Waals surface area contributed by atoms with Gasteiger partial charge in [-0.15, -0.1) is 0 Å². The topological polar surface area (TPSA) is 95.0 Å². The van der Waals surface area contributed by atoms with E-state index in [1.54, 1.807) is 43.3 Å². The van der Waals surface area contributed by atoms with Gasteiger partial charge in [-0.1, -0.05) is 77.8 Å². The van der Waals surface area contributed by atoms with Gasteiger partial charge in [-0.3, -0.25) is 24.1 Å². The van der Waals surface area contributed by atoms with E-state index in [0.29, 0.717) is 16.6 Å². The van der Waals surface area contributed by atoms with Gasteiger partial charge in [0.2, 0.25) is 23.6 Å². The summed E-state index contributed by atoms with van der Waals surface area (Å²) in [6, 6.07) is 23.5. The quantitative estimate of drug-likeness (QED) is 0.198. The predicted molar refractivity (Wildman–Crippen MR) is 171 cm³/mol. The van der Waals surface area contributed by atoms with Crippen LogP contribution in [0.15, 0.2) is 96.6 Å². The number of carbonyl (C=O) groups is 4. The molecule has 4 aromatic carbocycles. The largest absolute Gasteiger partial charge is 0.507 e. The van der Waals surface area contributed by atoms with Gasteiger partial charge in [-0.2, -0.15) is 0 Å². The summed E-state index contributed by atoms with van der Waals surface area (Å²) < 4.78 is 14.1. The summed E-state index contributed by atoms with van der Waals surface area (Å²) in [6.07, 6.45) is 2.39. The zero-order valence-electron chi connectivity index (χ0n) is 24.7. The van der Waals surface area contributed by atoms with Gasteiger partial charge in [0, 0.05) is 16.9 Å². The molecular formula is C37H28ClFN2O5. The van der Waals surface area contributed by atoms with Gasteiger partial charge < -0.3 is 5.11 Å². The van der Waals surface area contributed by atoms with E-state index >= 15 is 0 Å². The van der Waals surface area contributed by atoms with Crippen molar-refractivity contribution in [1.82, 2.24) is 0 Å². The Kier molecular flexibility index (Phi) is 6.28. The van der Waals surface area contributed by atoms with Crippen molar-refractivity contribution in [3.63, 3.8) is 0 Å². The summed E-state index contributed by atoms with van der Waals surface area (Å²) in [5.74, 6) is -5.85. The number of amides is 4. The van der Waals surface area contributed by atoms with E-state index in [2.05, 4.69) is 0 Å². The summed E-state index contributed by atoms with van der Waals surface area (Å²) in [5.41, 5.74) is 0.511. The Bertz CT molecular complexity index is 2050. The van der Waals surface area contributed by atoms with Crippen LogP contribution < -0.4 is 9.80 Å². The molecule has 0 spiro atoms. The lowest BCUT2D eigenvalue weighted by molar-refractivity contribution is -0.131. The van der Waals surface area contributed by atoms with Gasteiger partial charge in [0.25, 0.3) is 0 Å². The number of rotatable bonds is 3. The number of carbonyl (C=O) groups excluding carboxylic acids is 4. The molecule has 2 saturated heterocycles. The van der Waals surface area contributed by atoms with E-state index in [0.717, 1.165) is 21.9 Å². The number of anilines is 2. The number of hydrogen-bond donors (Lipinski definition) is 1. The predicted octanol–water partition coefficient (Wildman–Crippen LogP) is 6.77. The highest BCUT2D eigenvalue weighted by Crippen LogP contribution is 2.64. The van der Waals surface area contributed by atoms with Crippen molar-refractivity contribution >= 4 is 57.4 Å². The number of nitrogens with zero attached hydrogens (tertiary/aromatic N) is 2.